The molecule has 3 heteroatoms. The Bertz CT molecular complexity index is 193. The highest BCUT2D eigenvalue weighted by Gasteiger charge is 2.22. The minimum absolute atomic E-state index is 0.385. The van der Waals surface area contributed by atoms with Gasteiger partial charge >= 0.3 is 0 Å². The zero-order valence-corrected chi connectivity index (χ0v) is 8.80. The van der Waals surface area contributed by atoms with Crippen LogP contribution in [0.1, 0.15) is 32.1 Å². The number of nitrogens with one attached hydrogen (secondary N) is 1. The Morgan fingerprint density at radius 2 is 2.07 bits per heavy atom. The Labute approximate surface area is 85.8 Å². The number of nitrogens with zero attached hydrogens (tertiary/aromatic N) is 1. The van der Waals surface area contributed by atoms with Crippen LogP contribution in [0, 0.1) is 5.92 Å². The highest BCUT2D eigenvalue weighted by molar-refractivity contribution is 5.76. The average Bonchev–Trinajstić information content (AvgIpc) is 2.72. The van der Waals surface area contributed by atoms with Gasteiger partial charge in [-0.1, -0.05) is 0 Å². The van der Waals surface area contributed by atoms with Gasteiger partial charge in [0.2, 0.25) is 5.91 Å². The molecule has 0 saturated carbocycles. The van der Waals surface area contributed by atoms with Crippen LogP contribution in [0.5, 0.6) is 0 Å². The SMILES string of the molecule is O=C(C[C@H]1CCCNC1)N1CCCC1. The fraction of sp³-hybridized carbons (Fsp3) is 0.909. The fourth-order valence-corrected chi connectivity index (χ4v) is 2.44. The van der Waals surface area contributed by atoms with E-state index in [1.165, 1.54) is 25.7 Å². The Morgan fingerprint density at radius 1 is 1.29 bits per heavy atom. The van der Waals surface area contributed by atoms with Crippen molar-refractivity contribution in [1.82, 2.24) is 10.2 Å². The van der Waals surface area contributed by atoms with Gasteiger partial charge in [0.25, 0.3) is 0 Å². The molecule has 14 heavy (non-hydrogen) atoms. The molecule has 2 aliphatic heterocycles. The molecule has 0 aromatic carbocycles. The van der Waals surface area contributed by atoms with Crippen molar-refractivity contribution in [3.63, 3.8) is 0 Å². The number of rotatable bonds is 2. The summed E-state index contributed by atoms with van der Waals surface area (Å²) >= 11 is 0. The van der Waals surface area contributed by atoms with Crippen molar-refractivity contribution in [3.8, 4) is 0 Å². The van der Waals surface area contributed by atoms with E-state index in [0.29, 0.717) is 11.8 Å². The van der Waals surface area contributed by atoms with E-state index in [-0.39, 0.29) is 0 Å². The summed E-state index contributed by atoms with van der Waals surface area (Å²) in [7, 11) is 0. The number of amides is 1. The minimum Gasteiger partial charge on any atom is -0.343 e. The van der Waals surface area contributed by atoms with Gasteiger partial charge in [-0.05, 0) is 44.7 Å². The summed E-state index contributed by atoms with van der Waals surface area (Å²) in [5.41, 5.74) is 0. The molecule has 2 fully saturated rings. The molecule has 1 atom stereocenters. The smallest absolute Gasteiger partial charge is 0.222 e. The second-order valence-corrected chi connectivity index (χ2v) is 4.50. The van der Waals surface area contributed by atoms with Crippen LogP contribution >= 0.6 is 0 Å². The zero-order chi connectivity index (χ0) is 9.80. The molecule has 0 aromatic rings. The molecule has 1 amide bonds. The third-order valence-electron chi connectivity index (χ3n) is 3.32. The van der Waals surface area contributed by atoms with Crippen molar-refractivity contribution in [1.29, 1.82) is 0 Å². The first-order chi connectivity index (χ1) is 6.86. The van der Waals surface area contributed by atoms with E-state index in [0.717, 1.165) is 32.6 Å². The summed E-state index contributed by atoms with van der Waals surface area (Å²) in [6.07, 6.45) is 5.64. The first-order valence-corrected chi connectivity index (χ1v) is 5.85. The Kier molecular flexibility index (Phi) is 3.40. The fourth-order valence-electron chi connectivity index (χ4n) is 2.44. The average molecular weight is 196 g/mol. The predicted molar refractivity (Wildman–Crippen MR) is 56.0 cm³/mol. The second-order valence-electron chi connectivity index (χ2n) is 4.50. The van der Waals surface area contributed by atoms with Gasteiger partial charge < -0.3 is 10.2 Å². The van der Waals surface area contributed by atoms with Crippen LogP contribution in [0.3, 0.4) is 0 Å². The van der Waals surface area contributed by atoms with E-state index >= 15 is 0 Å². The van der Waals surface area contributed by atoms with Crippen molar-refractivity contribution in [2.45, 2.75) is 32.1 Å². The Morgan fingerprint density at radius 3 is 2.71 bits per heavy atom. The predicted octanol–water partition coefficient (Wildman–Crippen LogP) is 0.998. The van der Waals surface area contributed by atoms with E-state index in [9.17, 15) is 4.79 Å². The normalized spacial score (nSPS) is 28.0. The van der Waals surface area contributed by atoms with E-state index < -0.39 is 0 Å². The molecule has 0 aliphatic carbocycles. The maximum Gasteiger partial charge on any atom is 0.222 e. The van der Waals surface area contributed by atoms with Gasteiger partial charge in [0, 0.05) is 19.5 Å². The van der Waals surface area contributed by atoms with Crippen LogP contribution < -0.4 is 5.32 Å². The molecule has 0 bridgehead atoms. The van der Waals surface area contributed by atoms with Crippen molar-refractivity contribution >= 4 is 5.91 Å². The highest BCUT2D eigenvalue weighted by Crippen LogP contribution is 2.17. The van der Waals surface area contributed by atoms with Crippen LogP contribution in [0.2, 0.25) is 0 Å². The minimum atomic E-state index is 0.385. The number of hydrogen-bond donors (Lipinski definition) is 1. The summed E-state index contributed by atoms with van der Waals surface area (Å²) in [4.78, 5) is 13.8. The standard InChI is InChI=1S/C11H20N2O/c14-11(13-6-1-2-7-13)8-10-4-3-5-12-9-10/h10,12H,1-9H2/t10-/m1/s1. The molecular formula is C11H20N2O. The Hall–Kier alpha value is -0.570. The lowest BCUT2D eigenvalue weighted by molar-refractivity contribution is -0.131. The molecule has 80 valence electrons. The maximum atomic E-state index is 11.8. The van der Waals surface area contributed by atoms with Gasteiger partial charge in [-0.25, -0.2) is 0 Å². The van der Waals surface area contributed by atoms with E-state index in [4.69, 9.17) is 0 Å². The van der Waals surface area contributed by atoms with Crippen LogP contribution in [-0.4, -0.2) is 37.0 Å². The molecular weight excluding hydrogens is 176 g/mol. The summed E-state index contributed by atoms with van der Waals surface area (Å²) in [6, 6.07) is 0. The lowest BCUT2D eigenvalue weighted by Gasteiger charge is -2.24. The number of carbonyl (C=O) groups is 1. The molecule has 0 unspecified atom stereocenters. The first kappa shape index (κ1) is 9.97. The van der Waals surface area contributed by atoms with E-state index in [2.05, 4.69) is 5.32 Å². The molecule has 1 N–H and O–H groups in total. The van der Waals surface area contributed by atoms with Crippen molar-refractivity contribution < 1.29 is 4.79 Å². The number of hydrogen-bond acceptors (Lipinski definition) is 2. The number of likely N-dealkylation sites (tertiary alicyclic amines) is 1. The van der Waals surface area contributed by atoms with E-state index in [1.54, 1.807) is 0 Å². The summed E-state index contributed by atoms with van der Waals surface area (Å²) in [6.45, 7) is 4.17. The van der Waals surface area contributed by atoms with Gasteiger partial charge in [-0.15, -0.1) is 0 Å². The molecule has 2 rings (SSSR count). The highest BCUT2D eigenvalue weighted by atomic mass is 16.2. The van der Waals surface area contributed by atoms with Crippen LogP contribution in [0.4, 0.5) is 0 Å². The lowest BCUT2D eigenvalue weighted by Crippen LogP contribution is -2.35. The second kappa shape index (κ2) is 4.78. The first-order valence-electron chi connectivity index (χ1n) is 5.85. The zero-order valence-electron chi connectivity index (χ0n) is 8.80. The van der Waals surface area contributed by atoms with Gasteiger partial charge in [0.05, 0.1) is 0 Å². The summed E-state index contributed by atoms with van der Waals surface area (Å²) < 4.78 is 0. The third-order valence-corrected chi connectivity index (χ3v) is 3.32. The maximum absolute atomic E-state index is 11.8. The molecule has 2 heterocycles. The van der Waals surface area contributed by atoms with E-state index in [1.807, 2.05) is 4.90 Å². The van der Waals surface area contributed by atoms with Gasteiger partial charge in [0.1, 0.15) is 0 Å². The van der Waals surface area contributed by atoms with Gasteiger partial charge in [-0.3, -0.25) is 4.79 Å². The van der Waals surface area contributed by atoms with Gasteiger partial charge in [0.15, 0.2) is 0 Å². The summed E-state index contributed by atoms with van der Waals surface area (Å²) in [5.74, 6) is 0.980. The third kappa shape index (κ3) is 2.47. The number of piperidine rings is 1. The van der Waals surface area contributed by atoms with Crippen molar-refractivity contribution in [3.05, 3.63) is 0 Å². The van der Waals surface area contributed by atoms with Gasteiger partial charge in [-0.2, -0.15) is 0 Å². The van der Waals surface area contributed by atoms with Crippen LogP contribution in [0.25, 0.3) is 0 Å². The summed E-state index contributed by atoms with van der Waals surface area (Å²) in [5, 5.41) is 3.36. The monoisotopic (exact) mass is 196 g/mol. The molecule has 2 saturated heterocycles. The number of carbonyl (C=O) groups excluding carboxylic acids is 1. The van der Waals surface area contributed by atoms with Crippen LogP contribution in [0.15, 0.2) is 0 Å². The topological polar surface area (TPSA) is 32.3 Å². The Balaban J connectivity index is 1.75. The molecule has 0 aromatic heterocycles. The quantitative estimate of drug-likeness (QED) is 0.714. The van der Waals surface area contributed by atoms with Crippen molar-refractivity contribution in [2.24, 2.45) is 5.92 Å². The largest absolute Gasteiger partial charge is 0.343 e. The van der Waals surface area contributed by atoms with Crippen LogP contribution in [-0.2, 0) is 4.79 Å². The molecule has 2 aliphatic rings. The molecule has 0 spiro atoms. The molecule has 3 nitrogen and oxygen atoms in total. The lowest BCUT2D eigenvalue weighted by atomic mass is 9.96. The van der Waals surface area contributed by atoms with Crippen molar-refractivity contribution in [2.75, 3.05) is 26.2 Å². The molecule has 0 radical (unpaired) electrons.